The van der Waals surface area contributed by atoms with Gasteiger partial charge in [0, 0.05) is 12.6 Å². The molecule has 3 rings (SSSR count). The van der Waals surface area contributed by atoms with Gasteiger partial charge in [-0.1, -0.05) is 19.1 Å². The zero-order valence-corrected chi connectivity index (χ0v) is 14.9. The van der Waals surface area contributed by atoms with Gasteiger partial charge in [0.25, 0.3) is 11.5 Å². The van der Waals surface area contributed by atoms with Gasteiger partial charge in [-0.3, -0.25) is 19.0 Å². The highest BCUT2D eigenvalue weighted by atomic mass is 16.5. The molecule has 138 valence electrons. The molecule has 1 saturated heterocycles. The van der Waals surface area contributed by atoms with E-state index in [0.29, 0.717) is 17.4 Å². The third-order valence-electron chi connectivity index (χ3n) is 4.81. The predicted molar refractivity (Wildman–Crippen MR) is 96.6 cm³/mol. The molecule has 1 atom stereocenters. The number of esters is 1. The zero-order chi connectivity index (χ0) is 18.5. The molecule has 2 heterocycles. The summed E-state index contributed by atoms with van der Waals surface area (Å²) < 4.78 is 6.30. The summed E-state index contributed by atoms with van der Waals surface area (Å²) in [6, 6.07) is 7.17. The third kappa shape index (κ3) is 3.92. The summed E-state index contributed by atoms with van der Waals surface area (Å²) in [7, 11) is 0. The first-order valence-electron chi connectivity index (χ1n) is 8.99. The van der Waals surface area contributed by atoms with Crippen molar-refractivity contribution >= 4 is 22.8 Å². The second-order valence-electron chi connectivity index (χ2n) is 6.50. The maximum Gasteiger partial charge on any atom is 0.326 e. The summed E-state index contributed by atoms with van der Waals surface area (Å²) in [5, 5.41) is 0.443. The van der Waals surface area contributed by atoms with Gasteiger partial charge in [-0.15, -0.1) is 0 Å². The number of likely N-dealkylation sites (tertiary alicyclic amines) is 1. The molecule has 1 amide bonds. The van der Waals surface area contributed by atoms with Gasteiger partial charge in [-0.05, 0) is 37.8 Å². The Kier molecular flexibility index (Phi) is 5.65. The highest BCUT2D eigenvalue weighted by Crippen LogP contribution is 2.19. The minimum absolute atomic E-state index is 0.172. The lowest BCUT2D eigenvalue weighted by molar-refractivity contribution is -0.154. The van der Waals surface area contributed by atoms with Gasteiger partial charge in [-0.25, -0.2) is 4.98 Å². The van der Waals surface area contributed by atoms with Gasteiger partial charge in [0.2, 0.25) is 0 Å². The number of carbonyl (C=O) groups excluding carboxylic acids is 2. The first-order chi connectivity index (χ1) is 12.6. The minimum Gasteiger partial charge on any atom is -0.454 e. The second-order valence-corrected chi connectivity index (χ2v) is 6.50. The first kappa shape index (κ1) is 18.1. The standard InChI is InChI=1S/C19H23N3O4/c1-2-14-7-5-6-10-22(14)17(23)12-26-18(24)11-21-13-20-16-9-4-3-8-15(16)19(21)25/h3-4,8-9,13-14H,2,5-7,10-12H2,1H3/t14-/m0/s1. The summed E-state index contributed by atoms with van der Waals surface area (Å²) in [6.07, 6.45) is 5.33. The fourth-order valence-corrected chi connectivity index (χ4v) is 3.38. The van der Waals surface area contributed by atoms with Crippen molar-refractivity contribution in [2.45, 2.75) is 45.2 Å². The van der Waals surface area contributed by atoms with Crippen molar-refractivity contribution < 1.29 is 14.3 Å². The summed E-state index contributed by atoms with van der Waals surface area (Å²) in [6.45, 7) is 2.22. The van der Waals surface area contributed by atoms with E-state index in [-0.39, 0.29) is 30.7 Å². The van der Waals surface area contributed by atoms with Crippen LogP contribution in [-0.4, -0.2) is 45.5 Å². The number of aromatic nitrogens is 2. The van der Waals surface area contributed by atoms with Gasteiger partial charge in [0.15, 0.2) is 6.61 Å². The van der Waals surface area contributed by atoms with Crippen LogP contribution in [0.15, 0.2) is 35.4 Å². The van der Waals surface area contributed by atoms with Crippen LogP contribution in [0.3, 0.4) is 0 Å². The van der Waals surface area contributed by atoms with Gasteiger partial charge in [0.1, 0.15) is 6.54 Å². The Morgan fingerprint density at radius 1 is 1.27 bits per heavy atom. The van der Waals surface area contributed by atoms with E-state index in [1.165, 1.54) is 10.9 Å². The Bertz CT molecular complexity index is 861. The Morgan fingerprint density at radius 3 is 2.88 bits per heavy atom. The molecule has 7 heteroatoms. The van der Waals surface area contributed by atoms with E-state index < -0.39 is 5.97 Å². The van der Waals surface area contributed by atoms with Crippen LogP contribution in [0.5, 0.6) is 0 Å². The van der Waals surface area contributed by atoms with Gasteiger partial charge in [0.05, 0.1) is 17.2 Å². The maximum atomic E-state index is 12.4. The van der Waals surface area contributed by atoms with Gasteiger partial charge < -0.3 is 9.64 Å². The Balaban J connectivity index is 1.60. The van der Waals surface area contributed by atoms with E-state index in [1.807, 2.05) is 0 Å². The van der Waals surface area contributed by atoms with Crippen molar-refractivity contribution in [3.63, 3.8) is 0 Å². The van der Waals surface area contributed by atoms with Crippen LogP contribution in [-0.2, 0) is 20.9 Å². The number of piperidine rings is 1. The number of carbonyl (C=O) groups is 2. The highest BCUT2D eigenvalue weighted by molar-refractivity contribution is 5.81. The fourth-order valence-electron chi connectivity index (χ4n) is 3.38. The van der Waals surface area contributed by atoms with E-state index >= 15 is 0 Å². The average molecular weight is 357 g/mol. The third-order valence-corrected chi connectivity index (χ3v) is 4.81. The second kappa shape index (κ2) is 8.12. The molecule has 0 saturated carbocycles. The van der Waals surface area contributed by atoms with Crippen molar-refractivity contribution in [1.82, 2.24) is 14.5 Å². The highest BCUT2D eigenvalue weighted by Gasteiger charge is 2.25. The normalized spacial score (nSPS) is 17.3. The number of hydrogen-bond donors (Lipinski definition) is 0. The number of rotatable bonds is 5. The Labute approximate surface area is 151 Å². The van der Waals surface area contributed by atoms with Gasteiger partial charge in [-0.2, -0.15) is 0 Å². The number of ether oxygens (including phenoxy) is 1. The monoisotopic (exact) mass is 357 g/mol. The molecular formula is C19H23N3O4. The van der Waals surface area contributed by atoms with Crippen molar-refractivity contribution in [2.75, 3.05) is 13.2 Å². The van der Waals surface area contributed by atoms with Crippen LogP contribution in [0.4, 0.5) is 0 Å². The topological polar surface area (TPSA) is 81.5 Å². The van der Waals surface area contributed by atoms with Crippen LogP contribution in [0.25, 0.3) is 10.9 Å². The molecule has 1 aliphatic rings. The van der Waals surface area contributed by atoms with Crippen molar-refractivity contribution in [3.05, 3.63) is 40.9 Å². The van der Waals surface area contributed by atoms with Gasteiger partial charge >= 0.3 is 5.97 Å². The first-order valence-corrected chi connectivity index (χ1v) is 8.99. The molecule has 2 aromatic rings. The molecule has 26 heavy (non-hydrogen) atoms. The molecule has 1 fully saturated rings. The van der Waals surface area contributed by atoms with Crippen molar-refractivity contribution in [2.24, 2.45) is 0 Å². The molecule has 0 spiro atoms. The molecule has 0 unspecified atom stereocenters. The van der Waals surface area contributed by atoms with E-state index in [9.17, 15) is 14.4 Å². The predicted octanol–water partition coefficient (Wildman–Crippen LogP) is 1.73. The van der Waals surface area contributed by atoms with E-state index in [4.69, 9.17) is 4.74 Å². The lowest BCUT2D eigenvalue weighted by atomic mass is 10.00. The summed E-state index contributed by atoms with van der Waals surface area (Å²) in [4.78, 5) is 42.7. The molecule has 1 aliphatic heterocycles. The largest absolute Gasteiger partial charge is 0.454 e. The smallest absolute Gasteiger partial charge is 0.326 e. The van der Waals surface area contributed by atoms with Crippen molar-refractivity contribution in [1.29, 1.82) is 0 Å². The van der Waals surface area contributed by atoms with Crippen LogP contribution in [0, 0.1) is 0 Å². The number of hydrogen-bond acceptors (Lipinski definition) is 5. The molecule has 1 aromatic carbocycles. The minimum atomic E-state index is -0.623. The van der Waals surface area contributed by atoms with Crippen molar-refractivity contribution in [3.8, 4) is 0 Å². The maximum absolute atomic E-state index is 12.4. The number of benzene rings is 1. The molecule has 0 aliphatic carbocycles. The van der Waals surface area contributed by atoms with E-state index in [2.05, 4.69) is 11.9 Å². The lowest BCUT2D eigenvalue weighted by Gasteiger charge is -2.35. The SMILES string of the molecule is CC[C@H]1CCCCN1C(=O)COC(=O)Cn1cnc2ccccc2c1=O. The number of nitrogens with zero attached hydrogens (tertiary/aromatic N) is 3. The van der Waals surface area contributed by atoms with Crippen LogP contribution in [0.2, 0.25) is 0 Å². The number of para-hydroxylation sites is 1. The molecule has 0 radical (unpaired) electrons. The van der Waals surface area contributed by atoms with E-state index in [0.717, 1.165) is 25.7 Å². The van der Waals surface area contributed by atoms with Crippen LogP contribution < -0.4 is 5.56 Å². The summed E-state index contributed by atoms with van der Waals surface area (Å²) >= 11 is 0. The molecular weight excluding hydrogens is 334 g/mol. The van der Waals surface area contributed by atoms with E-state index in [1.54, 1.807) is 29.2 Å². The summed E-state index contributed by atoms with van der Waals surface area (Å²) in [5.74, 6) is -0.795. The van der Waals surface area contributed by atoms with Crippen LogP contribution in [0.1, 0.15) is 32.6 Å². The number of fused-ring (bicyclic) bond motifs is 1. The Hall–Kier alpha value is -2.70. The van der Waals surface area contributed by atoms with Crippen LogP contribution >= 0.6 is 0 Å². The molecule has 1 aromatic heterocycles. The summed E-state index contributed by atoms with van der Waals surface area (Å²) in [5.41, 5.74) is 0.272. The number of amides is 1. The lowest BCUT2D eigenvalue weighted by Crippen LogP contribution is -2.45. The molecule has 0 N–H and O–H groups in total. The average Bonchev–Trinajstić information content (AvgIpc) is 2.68. The molecule has 0 bridgehead atoms. The molecule has 7 nitrogen and oxygen atoms in total. The quantitative estimate of drug-likeness (QED) is 0.761. The Morgan fingerprint density at radius 2 is 2.08 bits per heavy atom. The fraction of sp³-hybridized carbons (Fsp3) is 0.474. The zero-order valence-electron chi connectivity index (χ0n) is 14.9.